The summed E-state index contributed by atoms with van der Waals surface area (Å²) in [4.78, 5) is 28.9. The molecule has 1 aliphatic heterocycles. The second-order valence-corrected chi connectivity index (χ2v) is 8.27. The van der Waals surface area contributed by atoms with Crippen molar-refractivity contribution in [3.05, 3.63) is 51.2 Å². The number of ether oxygens (including phenoxy) is 1. The molecule has 1 aliphatic rings. The largest absolute Gasteiger partial charge is 0.496 e. The molecule has 2 aromatic rings. The lowest BCUT2D eigenvalue weighted by molar-refractivity contribution is -0.137. The fourth-order valence-corrected chi connectivity index (χ4v) is 4.50. The third-order valence-electron chi connectivity index (χ3n) is 5.17. The predicted octanol–water partition coefficient (Wildman–Crippen LogP) is 3.48. The normalized spacial score (nSPS) is 14.3. The van der Waals surface area contributed by atoms with E-state index in [0.717, 1.165) is 36.3 Å². The summed E-state index contributed by atoms with van der Waals surface area (Å²) in [7, 11) is 1.62. The molecular weight excluding hydrogens is 372 g/mol. The average molecular weight is 401 g/mol. The fourth-order valence-electron chi connectivity index (χ4n) is 3.61. The van der Waals surface area contributed by atoms with Crippen LogP contribution < -0.4 is 10.1 Å². The van der Waals surface area contributed by atoms with E-state index in [-0.39, 0.29) is 18.2 Å². The first-order valence-electron chi connectivity index (χ1n) is 9.78. The first kappa shape index (κ1) is 20.4. The van der Waals surface area contributed by atoms with Gasteiger partial charge in [-0.15, -0.1) is 11.3 Å². The van der Waals surface area contributed by atoms with E-state index >= 15 is 0 Å². The number of nitrogens with zero attached hydrogens (tertiary/aromatic N) is 1. The Morgan fingerprint density at radius 1 is 1.32 bits per heavy atom. The first-order valence-corrected chi connectivity index (χ1v) is 10.7. The molecule has 0 bridgehead atoms. The number of hydrogen-bond donors (Lipinski definition) is 1. The molecule has 6 heteroatoms. The zero-order valence-corrected chi connectivity index (χ0v) is 17.6. The highest BCUT2D eigenvalue weighted by Gasteiger charge is 2.28. The van der Waals surface area contributed by atoms with E-state index in [1.54, 1.807) is 18.4 Å². The highest BCUT2D eigenvalue weighted by atomic mass is 32.1. The number of benzene rings is 1. The second-order valence-electron chi connectivity index (χ2n) is 7.27. The van der Waals surface area contributed by atoms with Crippen molar-refractivity contribution in [1.82, 2.24) is 10.2 Å². The zero-order valence-electron chi connectivity index (χ0n) is 16.8. The molecule has 1 aromatic heterocycles. The van der Waals surface area contributed by atoms with E-state index in [9.17, 15) is 9.59 Å². The number of carbonyl (C=O) groups is 2. The van der Waals surface area contributed by atoms with Gasteiger partial charge in [0.15, 0.2) is 0 Å². The molecule has 0 radical (unpaired) electrons. The fraction of sp³-hybridized carbons (Fsp3) is 0.455. The Kier molecular flexibility index (Phi) is 6.73. The summed E-state index contributed by atoms with van der Waals surface area (Å²) in [5.41, 5.74) is 3.14. The van der Waals surface area contributed by atoms with Gasteiger partial charge in [0.05, 0.1) is 13.5 Å². The van der Waals surface area contributed by atoms with Gasteiger partial charge in [0, 0.05) is 18.0 Å². The number of carbonyl (C=O) groups excluding carboxylic acids is 2. The predicted molar refractivity (Wildman–Crippen MR) is 112 cm³/mol. The van der Waals surface area contributed by atoms with Crippen molar-refractivity contribution in [3.8, 4) is 5.75 Å². The van der Waals surface area contributed by atoms with Crippen LogP contribution in [0, 0.1) is 6.92 Å². The van der Waals surface area contributed by atoms with Gasteiger partial charge < -0.3 is 15.0 Å². The van der Waals surface area contributed by atoms with E-state index in [4.69, 9.17) is 4.74 Å². The summed E-state index contributed by atoms with van der Waals surface area (Å²) in [5, 5.41) is 5.05. The van der Waals surface area contributed by atoms with Gasteiger partial charge >= 0.3 is 0 Å². The van der Waals surface area contributed by atoms with Crippen molar-refractivity contribution < 1.29 is 14.3 Å². The van der Waals surface area contributed by atoms with Crippen LogP contribution >= 0.6 is 11.3 Å². The molecular formula is C22H28N2O3S. The van der Waals surface area contributed by atoms with Gasteiger partial charge in [-0.25, -0.2) is 0 Å². The maximum Gasteiger partial charge on any atom is 0.245 e. The molecule has 0 saturated carbocycles. The third kappa shape index (κ3) is 4.73. The number of fused-ring (bicyclic) bond motifs is 1. The van der Waals surface area contributed by atoms with E-state index in [0.29, 0.717) is 13.0 Å². The van der Waals surface area contributed by atoms with Crippen LogP contribution in [-0.4, -0.2) is 36.4 Å². The number of thiophene rings is 1. The topological polar surface area (TPSA) is 58.6 Å². The number of rotatable bonds is 7. The van der Waals surface area contributed by atoms with E-state index in [1.807, 2.05) is 36.9 Å². The quantitative estimate of drug-likeness (QED) is 0.774. The summed E-state index contributed by atoms with van der Waals surface area (Å²) < 4.78 is 5.33. The van der Waals surface area contributed by atoms with Crippen molar-refractivity contribution in [3.63, 3.8) is 0 Å². The molecule has 1 unspecified atom stereocenters. The van der Waals surface area contributed by atoms with Gasteiger partial charge in [-0.1, -0.05) is 25.5 Å². The van der Waals surface area contributed by atoms with E-state index in [1.165, 1.54) is 10.4 Å². The van der Waals surface area contributed by atoms with Crippen LogP contribution in [0.25, 0.3) is 0 Å². The minimum atomic E-state index is -0.468. The Bertz CT molecular complexity index is 846. The van der Waals surface area contributed by atoms with Crippen molar-refractivity contribution >= 4 is 23.2 Å². The lowest BCUT2D eigenvalue weighted by atomic mass is 10.0. The smallest absolute Gasteiger partial charge is 0.245 e. The molecule has 1 N–H and O–H groups in total. The number of nitrogens with one attached hydrogen (secondary N) is 1. The van der Waals surface area contributed by atoms with Crippen LogP contribution in [0.4, 0.5) is 0 Å². The molecule has 0 fully saturated rings. The lowest BCUT2D eigenvalue weighted by Gasteiger charge is -2.31. The maximum atomic E-state index is 13.0. The Hall–Kier alpha value is -2.34. The Morgan fingerprint density at radius 3 is 2.89 bits per heavy atom. The standard InChI is InChI=1S/C22H28N2O3S/c1-4-5-18(22(26)24-10-8-20-17(14-24)9-11-28-20)23-21(25)13-16-7-6-15(2)19(12-16)27-3/h6-7,9,11-12,18H,4-5,8,10,13-14H2,1-3H3,(H,23,25). The van der Waals surface area contributed by atoms with Crippen molar-refractivity contribution in [2.75, 3.05) is 13.7 Å². The van der Waals surface area contributed by atoms with Gasteiger partial charge in [0.2, 0.25) is 11.8 Å². The van der Waals surface area contributed by atoms with E-state index in [2.05, 4.69) is 16.8 Å². The molecule has 5 nitrogen and oxygen atoms in total. The molecule has 2 heterocycles. The minimum absolute atomic E-state index is 0.0218. The average Bonchev–Trinajstić information content (AvgIpc) is 3.16. The van der Waals surface area contributed by atoms with Gasteiger partial charge in [-0.3, -0.25) is 9.59 Å². The van der Waals surface area contributed by atoms with Gasteiger partial charge in [0.25, 0.3) is 0 Å². The second kappa shape index (κ2) is 9.24. The van der Waals surface area contributed by atoms with Gasteiger partial charge in [0.1, 0.15) is 11.8 Å². The van der Waals surface area contributed by atoms with Crippen LogP contribution in [0.1, 0.15) is 41.3 Å². The van der Waals surface area contributed by atoms with Gasteiger partial charge in [-0.2, -0.15) is 0 Å². The minimum Gasteiger partial charge on any atom is -0.496 e. The highest BCUT2D eigenvalue weighted by Crippen LogP contribution is 2.25. The van der Waals surface area contributed by atoms with Crippen molar-refractivity contribution in [2.45, 2.75) is 52.1 Å². The molecule has 2 amide bonds. The highest BCUT2D eigenvalue weighted by molar-refractivity contribution is 7.10. The number of aryl methyl sites for hydroxylation is 1. The molecule has 1 aromatic carbocycles. The molecule has 0 saturated heterocycles. The number of methoxy groups -OCH3 is 1. The molecule has 28 heavy (non-hydrogen) atoms. The summed E-state index contributed by atoms with van der Waals surface area (Å²) in [5.74, 6) is 0.658. The van der Waals surface area contributed by atoms with Crippen LogP contribution in [0.15, 0.2) is 29.6 Å². The summed E-state index contributed by atoms with van der Waals surface area (Å²) in [6, 6.07) is 7.38. The van der Waals surface area contributed by atoms with Crippen LogP contribution in [0.5, 0.6) is 5.75 Å². The van der Waals surface area contributed by atoms with E-state index < -0.39 is 6.04 Å². The summed E-state index contributed by atoms with van der Waals surface area (Å²) in [6.07, 6.45) is 2.62. The zero-order chi connectivity index (χ0) is 20.1. The molecule has 1 atom stereocenters. The van der Waals surface area contributed by atoms with Crippen molar-refractivity contribution in [1.29, 1.82) is 0 Å². The van der Waals surface area contributed by atoms with Crippen molar-refractivity contribution in [2.24, 2.45) is 0 Å². The van der Waals surface area contributed by atoms with Gasteiger partial charge in [-0.05, 0) is 54.0 Å². The monoisotopic (exact) mass is 400 g/mol. The van der Waals surface area contributed by atoms with Crippen LogP contribution in [0.3, 0.4) is 0 Å². The molecule has 150 valence electrons. The number of amides is 2. The molecule has 0 aliphatic carbocycles. The first-order chi connectivity index (χ1) is 13.5. The summed E-state index contributed by atoms with van der Waals surface area (Å²) >= 11 is 1.76. The SMILES string of the molecule is CCCC(NC(=O)Cc1ccc(C)c(OC)c1)C(=O)N1CCc2sccc2C1. The van der Waals surface area contributed by atoms with Crippen LogP contribution in [0.2, 0.25) is 0 Å². The number of hydrogen-bond acceptors (Lipinski definition) is 4. The Balaban J connectivity index is 1.63. The Labute approximate surface area is 170 Å². The molecule has 0 spiro atoms. The Morgan fingerprint density at radius 2 is 2.14 bits per heavy atom. The lowest BCUT2D eigenvalue weighted by Crippen LogP contribution is -2.50. The summed E-state index contributed by atoms with van der Waals surface area (Å²) in [6.45, 7) is 5.36. The van der Waals surface area contributed by atoms with Crippen LogP contribution in [-0.2, 0) is 29.0 Å². The maximum absolute atomic E-state index is 13.0. The third-order valence-corrected chi connectivity index (χ3v) is 6.19. The molecule has 3 rings (SSSR count).